The molecule has 2 fully saturated rings. The Morgan fingerprint density at radius 3 is 2.61 bits per heavy atom. The molecule has 4 aliphatic rings. The lowest BCUT2D eigenvalue weighted by Gasteiger charge is -2.39. The van der Waals surface area contributed by atoms with Gasteiger partial charge in [-0.05, 0) is 61.1 Å². The summed E-state index contributed by atoms with van der Waals surface area (Å²) in [4.78, 5) is 57.1. The molecule has 46 heavy (non-hydrogen) atoms. The number of hydrogen-bond acceptors (Lipinski definition) is 8. The monoisotopic (exact) mass is 636 g/mol. The van der Waals surface area contributed by atoms with Gasteiger partial charge in [-0.3, -0.25) is 19.2 Å². The number of ether oxygens (including phenoxy) is 4. The van der Waals surface area contributed by atoms with Crippen molar-refractivity contribution in [2.75, 3.05) is 60.1 Å². The molecular weight excluding hydrogens is 592 g/mol. The molecule has 2 atom stereocenters. The molecule has 2 aromatic rings. The van der Waals surface area contributed by atoms with Gasteiger partial charge in [0, 0.05) is 52.7 Å². The molecule has 12 nitrogen and oxygen atoms in total. The molecule has 0 unspecified atom stereocenters. The Hall–Kier alpha value is -4.16. The molecule has 4 aliphatic heterocycles. The van der Waals surface area contributed by atoms with E-state index < -0.39 is 6.04 Å². The second kappa shape index (κ2) is 15.9. The minimum atomic E-state index is -0.503. The molecule has 6 rings (SSSR count). The van der Waals surface area contributed by atoms with Gasteiger partial charge >= 0.3 is 0 Å². The fraction of sp³-hybridized carbons (Fsp3) is 0.529. The number of piperidine rings is 1. The molecule has 2 saturated heterocycles. The Kier molecular flexibility index (Phi) is 11.5. The first-order chi connectivity index (χ1) is 22.3. The minimum Gasteiger partial charge on any atom is -0.493 e. The van der Waals surface area contributed by atoms with Crippen molar-refractivity contribution in [3.63, 3.8) is 0 Å². The van der Waals surface area contributed by atoms with Crippen molar-refractivity contribution >= 4 is 23.6 Å². The van der Waals surface area contributed by atoms with E-state index in [2.05, 4.69) is 5.32 Å². The average molecular weight is 637 g/mol. The summed E-state index contributed by atoms with van der Waals surface area (Å²) in [7, 11) is 3.18. The number of likely N-dealkylation sites (tertiary alicyclic amines) is 2. The van der Waals surface area contributed by atoms with Crippen molar-refractivity contribution in [3.8, 4) is 17.2 Å². The summed E-state index contributed by atoms with van der Waals surface area (Å²) in [5, 5.41) is 3.07. The number of nitrogens with one attached hydrogen (secondary N) is 1. The zero-order valence-corrected chi connectivity index (χ0v) is 26.7. The number of carbonyl (C=O) groups excluding carboxylic acids is 4. The smallest absolute Gasteiger partial charge is 0.242 e. The van der Waals surface area contributed by atoms with Crippen LogP contribution < -0.4 is 14.8 Å². The third-order valence-electron chi connectivity index (χ3n) is 8.66. The summed E-state index contributed by atoms with van der Waals surface area (Å²) in [6.07, 6.45) is 2.60. The predicted molar refractivity (Wildman–Crippen MR) is 168 cm³/mol. The fourth-order valence-electron chi connectivity index (χ4n) is 6.14. The number of fused-ring (bicyclic) bond motifs is 9. The van der Waals surface area contributed by atoms with Crippen LogP contribution in [0.4, 0.5) is 0 Å². The lowest BCUT2D eigenvalue weighted by atomic mass is 10.0. The zero-order chi connectivity index (χ0) is 32.5. The van der Waals surface area contributed by atoms with Crippen LogP contribution in [0.5, 0.6) is 17.2 Å². The highest BCUT2D eigenvalue weighted by atomic mass is 16.5. The summed E-state index contributed by atoms with van der Waals surface area (Å²) in [5.74, 6) is 1.09. The highest BCUT2D eigenvalue weighted by molar-refractivity contribution is 5.87. The summed E-state index contributed by atoms with van der Waals surface area (Å²) >= 11 is 0. The van der Waals surface area contributed by atoms with Gasteiger partial charge in [-0.1, -0.05) is 18.2 Å². The van der Waals surface area contributed by atoms with Crippen LogP contribution in [0.3, 0.4) is 0 Å². The minimum absolute atomic E-state index is 0.00830. The van der Waals surface area contributed by atoms with Gasteiger partial charge in [-0.25, -0.2) is 0 Å². The third-order valence-corrected chi connectivity index (χ3v) is 8.66. The van der Waals surface area contributed by atoms with Crippen LogP contribution in [0.2, 0.25) is 0 Å². The van der Waals surface area contributed by atoms with Crippen molar-refractivity contribution in [3.05, 3.63) is 53.6 Å². The Labute approximate surface area is 269 Å². The van der Waals surface area contributed by atoms with Crippen LogP contribution in [0.1, 0.15) is 43.2 Å². The second-order valence-electron chi connectivity index (χ2n) is 12.0. The maximum atomic E-state index is 13.5. The number of carbonyl (C=O) groups is 4. The van der Waals surface area contributed by atoms with E-state index in [1.54, 1.807) is 28.9 Å². The van der Waals surface area contributed by atoms with Crippen LogP contribution in [0, 0.1) is 0 Å². The van der Waals surface area contributed by atoms with Gasteiger partial charge in [-0.2, -0.15) is 0 Å². The largest absolute Gasteiger partial charge is 0.493 e. The van der Waals surface area contributed by atoms with Crippen LogP contribution in [0.15, 0.2) is 42.5 Å². The Bertz CT molecular complexity index is 1400. The number of amides is 4. The Balaban J connectivity index is 1.37. The maximum absolute atomic E-state index is 13.5. The molecule has 1 N–H and O–H groups in total. The first-order valence-electron chi connectivity index (χ1n) is 16.0. The number of methoxy groups -OCH3 is 2. The zero-order valence-electron chi connectivity index (χ0n) is 26.7. The lowest BCUT2D eigenvalue weighted by Crippen LogP contribution is -2.59. The number of nitrogens with zero attached hydrogens (tertiary/aromatic N) is 3. The Morgan fingerprint density at radius 2 is 1.83 bits per heavy atom. The third kappa shape index (κ3) is 8.76. The van der Waals surface area contributed by atoms with Crippen molar-refractivity contribution in [2.45, 2.75) is 57.3 Å². The standard InChI is InChI=1S/C34H44N4O8/c1-43-17-5-15-36-21-31(39)35-27-20-38(34(42)22-37-14-4-8-32(37)40)16-13-28(27)45-23-25-6-3-7-26(18-25)46-29-11-9-24(10-12-33(36)41)19-30(29)44-2/h3,6-7,9,11,18-19,27-28H,4-5,8,10,12-17,20-23H2,1-2H3,(H,35,39)/t27-,28+/m0/s1. The normalized spacial score (nSPS) is 21.2. The summed E-state index contributed by atoms with van der Waals surface area (Å²) in [5.41, 5.74) is 1.79. The molecular formula is C34H44N4O8. The van der Waals surface area contributed by atoms with E-state index in [1.807, 2.05) is 42.5 Å². The molecule has 0 radical (unpaired) electrons. The topological polar surface area (TPSA) is 127 Å². The Morgan fingerprint density at radius 1 is 0.978 bits per heavy atom. The van der Waals surface area contributed by atoms with Crippen LogP contribution in [-0.4, -0.2) is 111 Å². The molecule has 0 spiro atoms. The van der Waals surface area contributed by atoms with Crippen LogP contribution in [0.25, 0.3) is 0 Å². The van der Waals surface area contributed by atoms with E-state index in [0.717, 1.165) is 17.5 Å². The van der Waals surface area contributed by atoms with Crippen LogP contribution in [-0.2, 0) is 41.7 Å². The molecule has 0 aromatic heterocycles. The second-order valence-corrected chi connectivity index (χ2v) is 12.0. The van der Waals surface area contributed by atoms with E-state index >= 15 is 0 Å². The van der Waals surface area contributed by atoms with Crippen molar-refractivity contribution < 1.29 is 38.1 Å². The van der Waals surface area contributed by atoms with Gasteiger partial charge in [0.1, 0.15) is 5.75 Å². The van der Waals surface area contributed by atoms with Gasteiger partial charge in [-0.15, -0.1) is 0 Å². The van der Waals surface area contributed by atoms with E-state index in [-0.39, 0.29) is 62.4 Å². The molecule has 12 heteroatoms. The van der Waals surface area contributed by atoms with Gasteiger partial charge in [0.15, 0.2) is 11.5 Å². The number of aryl methyl sites for hydroxylation is 1. The van der Waals surface area contributed by atoms with Gasteiger partial charge < -0.3 is 39.0 Å². The van der Waals surface area contributed by atoms with Gasteiger partial charge in [0.05, 0.1) is 39.0 Å². The summed E-state index contributed by atoms with van der Waals surface area (Å²) < 4.78 is 23.4. The highest BCUT2D eigenvalue weighted by Gasteiger charge is 2.35. The maximum Gasteiger partial charge on any atom is 0.242 e. The molecule has 0 saturated carbocycles. The fourth-order valence-corrected chi connectivity index (χ4v) is 6.14. The molecule has 2 aromatic carbocycles. The van der Waals surface area contributed by atoms with E-state index in [1.165, 1.54) is 0 Å². The van der Waals surface area contributed by atoms with Crippen molar-refractivity contribution in [2.24, 2.45) is 0 Å². The quantitative estimate of drug-likeness (QED) is 0.460. The predicted octanol–water partition coefficient (Wildman–Crippen LogP) is 2.52. The molecule has 4 heterocycles. The highest BCUT2D eigenvalue weighted by Crippen LogP contribution is 2.33. The van der Waals surface area contributed by atoms with E-state index in [0.29, 0.717) is 69.2 Å². The van der Waals surface area contributed by atoms with Gasteiger partial charge in [0.25, 0.3) is 0 Å². The van der Waals surface area contributed by atoms with Gasteiger partial charge in [0.2, 0.25) is 23.6 Å². The molecule has 4 bridgehead atoms. The van der Waals surface area contributed by atoms with Crippen molar-refractivity contribution in [1.82, 2.24) is 20.0 Å². The lowest BCUT2D eigenvalue weighted by molar-refractivity contribution is -0.142. The SMILES string of the molecule is COCCCN1CC(=O)N[C@H]2CN(C(=O)CN3CCCC3=O)CC[C@H]2OCc2cccc(c2)Oc2ccc(cc2OC)CCC1=O. The number of benzene rings is 2. The molecule has 0 aliphatic carbocycles. The first kappa shape index (κ1) is 33.2. The van der Waals surface area contributed by atoms with E-state index in [9.17, 15) is 19.2 Å². The number of rotatable bonds is 7. The van der Waals surface area contributed by atoms with E-state index in [4.69, 9.17) is 18.9 Å². The van der Waals surface area contributed by atoms with Crippen LogP contribution >= 0.6 is 0 Å². The molecule has 248 valence electrons. The number of hydrogen-bond donors (Lipinski definition) is 1. The first-order valence-corrected chi connectivity index (χ1v) is 16.0. The average Bonchev–Trinajstić information content (AvgIpc) is 3.46. The van der Waals surface area contributed by atoms with Crippen molar-refractivity contribution in [1.29, 1.82) is 0 Å². The summed E-state index contributed by atoms with van der Waals surface area (Å²) in [6, 6.07) is 12.7. The molecule has 4 amide bonds. The summed E-state index contributed by atoms with van der Waals surface area (Å²) in [6.45, 7) is 2.26.